The Hall–Kier alpha value is -0.930. The molecule has 2 unspecified atom stereocenters. The van der Waals surface area contributed by atoms with Crippen LogP contribution in [-0.2, 0) is 6.42 Å². The second-order valence-electron chi connectivity index (χ2n) is 5.98. The minimum atomic E-state index is -0.151. The molecule has 0 aliphatic carbocycles. The minimum absolute atomic E-state index is 0.151. The zero-order chi connectivity index (χ0) is 14.4. The lowest BCUT2D eigenvalue weighted by Gasteiger charge is -2.33. The summed E-state index contributed by atoms with van der Waals surface area (Å²) in [5.41, 5.74) is 1.22. The molecule has 20 heavy (non-hydrogen) atoms. The molecule has 0 spiro atoms. The molecule has 0 bridgehead atoms. The Balaban J connectivity index is 1.87. The van der Waals surface area contributed by atoms with Crippen LogP contribution in [0.3, 0.4) is 0 Å². The predicted octanol–water partition coefficient (Wildman–Crippen LogP) is 3.08. The van der Waals surface area contributed by atoms with Gasteiger partial charge in [0.05, 0.1) is 0 Å². The summed E-state index contributed by atoms with van der Waals surface area (Å²) < 4.78 is 12.9. The number of piperidine rings is 1. The monoisotopic (exact) mass is 278 g/mol. The van der Waals surface area contributed by atoms with E-state index in [1.54, 1.807) is 12.1 Å². The number of nitrogens with zero attached hydrogens (tertiary/aromatic N) is 1. The molecule has 3 heteroatoms. The number of likely N-dealkylation sites (N-methyl/N-ethyl adjacent to an activating group) is 1. The minimum Gasteiger partial charge on any atom is -0.316 e. The first kappa shape index (κ1) is 15.5. The van der Waals surface area contributed by atoms with Gasteiger partial charge in [0.2, 0.25) is 0 Å². The van der Waals surface area contributed by atoms with E-state index in [1.807, 2.05) is 12.1 Å². The van der Waals surface area contributed by atoms with Crippen molar-refractivity contribution in [3.05, 3.63) is 35.6 Å². The van der Waals surface area contributed by atoms with Crippen molar-refractivity contribution in [3.8, 4) is 0 Å². The van der Waals surface area contributed by atoms with E-state index in [0.717, 1.165) is 25.4 Å². The number of rotatable bonds is 6. The van der Waals surface area contributed by atoms with Crippen molar-refractivity contribution in [2.45, 2.75) is 39.2 Å². The molecule has 1 heterocycles. The summed E-state index contributed by atoms with van der Waals surface area (Å²) in [6.45, 7) is 9.10. The molecule has 2 nitrogen and oxygen atoms in total. The molecule has 1 aromatic carbocycles. The molecule has 2 atom stereocenters. The largest absolute Gasteiger partial charge is 0.316 e. The van der Waals surface area contributed by atoms with Crippen molar-refractivity contribution < 1.29 is 4.39 Å². The topological polar surface area (TPSA) is 15.3 Å². The van der Waals surface area contributed by atoms with Crippen molar-refractivity contribution in [1.29, 1.82) is 0 Å². The van der Waals surface area contributed by atoms with Crippen molar-refractivity contribution in [3.63, 3.8) is 0 Å². The van der Waals surface area contributed by atoms with E-state index in [9.17, 15) is 4.39 Å². The summed E-state index contributed by atoms with van der Waals surface area (Å²) in [7, 11) is 0. The third-order valence-corrected chi connectivity index (χ3v) is 4.37. The van der Waals surface area contributed by atoms with Gasteiger partial charge in [-0.1, -0.05) is 19.1 Å². The molecule has 1 aromatic rings. The van der Waals surface area contributed by atoms with Gasteiger partial charge in [0, 0.05) is 12.6 Å². The maximum Gasteiger partial charge on any atom is 0.123 e. The van der Waals surface area contributed by atoms with Crippen molar-refractivity contribution in [2.24, 2.45) is 5.92 Å². The first-order chi connectivity index (χ1) is 9.69. The molecule has 2 rings (SSSR count). The summed E-state index contributed by atoms with van der Waals surface area (Å²) >= 11 is 0. The van der Waals surface area contributed by atoms with Crippen LogP contribution >= 0.6 is 0 Å². The van der Waals surface area contributed by atoms with Gasteiger partial charge in [0.1, 0.15) is 5.82 Å². The fourth-order valence-electron chi connectivity index (χ4n) is 3.12. The molecule has 0 amide bonds. The smallest absolute Gasteiger partial charge is 0.123 e. The lowest BCUT2D eigenvalue weighted by Crippen LogP contribution is -2.42. The molecule has 1 aliphatic heterocycles. The number of halogens is 1. The van der Waals surface area contributed by atoms with Crippen LogP contribution in [0.25, 0.3) is 0 Å². The van der Waals surface area contributed by atoms with Crippen molar-refractivity contribution >= 4 is 0 Å². The summed E-state index contributed by atoms with van der Waals surface area (Å²) in [4.78, 5) is 2.56. The van der Waals surface area contributed by atoms with E-state index in [2.05, 4.69) is 24.1 Å². The van der Waals surface area contributed by atoms with Gasteiger partial charge in [-0.3, -0.25) is 0 Å². The summed E-state index contributed by atoms with van der Waals surface area (Å²) in [5, 5.41) is 3.49. The first-order valence-corrected chi connectivity index (χ1v) is 7.88. The van der Waals surface area contributed by atoms with E-state index in [0.29, 0.717) is 6.04 Å². The van der Waals surface area contributed by atoms with Gasteiger partial charge in [0.15, 0.2) is 0 Å². The van der Waals surface area contributed by atoms with E-state index in [1.165, 1.54) is 31.5 Å². The van der Waals surface area contributed by atoms with Crippen LogP contribution in [0.15, 0.2) is 24.3 Å². The summed E-state index contributed by atoms with van der Waals surface area (Å²) in [6, 6.07) is 7.43. The molecule has 1 N–H and O–H groups in total. The first-order valence-electron chi connectivity index (χ1n) is 7.88. The molecule has 0 saturated carbocycles. The fourth-order valence-corrected chi connectivity index (χ4v) is 3.12. The fraction of sp³-hybridized carbons (Fsp3) is 0.647. The van der Waals surface area contributed by atoms with Crippen LogP contribution in [0.4, 0.5) is 4.39 Å². The summed E-state index contributed by atoms with van der Waals surface area (Å²) in [5.74, 6) is 0.626. The van der Waals surface area contributed by atoms with E-state index in [-0.39, 0.29) is 5.82 Å². The van der Waals surface area contributed by atoms with E-state index < -0.39 is 0 Å². The van der Waals surface area contributed by atoms with Crippen molar-refractivity contribution in [1.82, 2.24) is 10.2 Å². The third-order valence-electron chi connectivity index (χ3n) is 4.37. The lowest BCUT2D eigenvalue weighted by molar-refractivity contribution is 0.169. The lowest BCUT2D eigenvalue weighted by atomic mass is 9.97. The van der Waals surface area contributed by atoms with Gasteiger partial charge in [-0.05, 0) is 69.4 Å². The molecule has 1 aliphatic rings. The Bertz CT molecular complexity index is 384. The Morgan fingerprint density at radius 2 is 2.10 bits per heavy atom. The molecular formula is C17H27FN2. The Kier molecular flexibility index (Phi) is 5.99. The Labute approximate surface area is 122 Å². The van der Waals surface area contributed by atoms with Gasteiger partial charge in [0.25, 0.3) is 0 Å². The van der Waals surface area contributed by atoms with Crippen LogP contribution in [0, 0.1) is 11.7 Å². The zero-order valence-corrected chi connectivity index (χ0v) is 12.7. The number of nitrogens with one attached hydrogen (secondary N) is 1. The van der Waals surface area contributed by atoms with Crippen LogP contribution < -0.4 is 5.32 Å². The molecule has 1 saturated heterocycles. The SMILES string of the molecule is CCN(CC1CCCNC1)C(C)Cc1ccc(F)cc1. The summed E-state index contributed by atoms with van der Waals surface area (Å²) in [6.07, 6.45) is 3.63. The molecule has 112 valence electrons. The quantitative estimate of drug-likeness (QED) is 0.860. The van der Waals surface area contributed by atoms with Gasteiger partial charge in [-0.15, -0.1) is 0 Å². The van der Waals surface area contributed by atoms with Crippen LogP contribution in [0.1, 0.15) is 32.3 Å². The third kappa shape index (κ3) is 4.57. The maximum atomic E-state index is 12.9. The van der Waals surface area contributed by atoms with Gasteiger partial charge in [-0.2, -0.15) is 0 Å². The molecule has 0 radical (unpaired) electrons. The molecule has 1 fully saturated rings. The normalized spacial score (nSPS) is 21.1. The van der Waals surface area contributed by atoms with Crippen LogP contribution in [0.5, 0.6) is 0 Å². The Morgan fingerprint density at radius 3 is 2.70 bits per heavy atom. The average molecular weight is 278 g/mol. The Morgan fingerprint density at radius 1 is 1.35 bits per heavy atom. The number of hydrogen-bond donors (Lipinski definition) is 1. The van der Waals surface area contributed by atoms with Gasteiger partial charge >= 0.3 is 0 Å². The number of hydrogen-bond acceptors (Lipinski definition) is 2. The van der Waals surface area contributed by atoms with Crippen molar-refractivity contribution in [2.75, 3.05) is 26.2 Å². The molecular weight excluding hydrogens is 251 g/mol. The zero-order valence-electron chi connectivity index (χ0n) is 12.7. The highest BCUT2D eigenvalue weighted by Gasteiger charge is 2.19. The van der Waals surface area contributed by atoms with Gasteiger partial charge in [-0.25, -0.2) is 4.39 Å². The van der Waals surface area contributed by atoms with E-state index >= 15 is 0 Å². The maximum absolute atomic E-state index is 12.9. The second kappa shape index (κ2) is 7.75. The highest BCUT2D eigenvalue weighted by Crippen LogP contribution is 2.16. The average Bonchev–Trinajstić information content (AvgIpc) is 2.48. The van der Waals surface area contributed by atoms with Gasteiger partial charge < -0.3 is 10.2 Å². The highest BCUT2D eigenvalue weighted by molar-refractivity contribution is 5.17. The van der Waals surface area contributed by atoms with Crippen LogP contribution in [0.2, 0.25) is 0 Å². The molecule has 0 aromatic heterocycles. The standard InChI is InChI=1S/C17H27FN2/c1-3-20(13-16-5-4-10-19-12-16)14(2)11-15-6-8-17(18)9-7-15/h6-9,14,16,19H,3-5,10-13H2,1-2H3. The van der Waals surface area contributed by atoms with E-state index in [4.69, 9.17) is 0 Å². The second-order valence-corrected chi connectivity index (χ2v) is 5.98. The highest BCUT2D eigenvalue weighted by atomic mass is 19.1. The predicted molar refractivity (Wildman–Crippen MR) is 82.4 cm³/mol. The number of benzene rings is 1. The van der Waals surface area contributed by atoms with Crippen LogP contribution in [-0.4, -0.2) is 37.1 Å².